The van der Waals surface area contributed by atoms with Crippen LogP contribution >= 0.6 is 11.8 Å². The van der Waals surface area contributed by atoms with Crippen molar-refractivity contribution in [2.45, 2.75) is 19.1 Å². The van der Waals surface area contributed by atoms with Gasteiger partial charge in [0, 0.05) is 7.05 Å². The van der Waals surface area contributed by atoms with Gasteiger partial charge in [-0.05, 0) is 13.8 Å². The van der Waals surface area contributed by atoms with Crippen molar-refractivity contribution in [3.63, 3.8) is 0 Å². The molecule has 1 fully saturated rings. The number of nitrogens with zero attached hydrogens (tertiary/aromatic N) is 1. The average Bonchev–Trinajstić information content (AvgIpc) is 2.34. The highest BCUT2D eigenvalue weighted by atomic mass is 32.2. The monoisotopic (exact) mass is 215 g/mol. The van der Waals surface area contributed by atoms with Crippen molar-refractivity contribution >= 4 is 23.6 Å². The molecule has 1 atom stereocenters. The summed E-state index contributed by atoms with van der Waals surface area (Å²) in [4.78, 5) is 24.0. The van der Waals surface area contributed by atoms with Crippen LogP contribution in [0.5, 0.6) is 0 Å². The van der Waals surface area contributed by atoms with Crippen molar-refractivity contribution in [3.05, 3.63) is 11.1 Å². The zero-order chi connectivity index (χ0) is 10.7. The van der Waals surface area contributed by atoms with Crippen LogP contribution in [0, 0.1) is 0 Å². The largest absolute Gasteiger partial charge is 0.463 e. The maximum atomic E-state index is 11.4. The Morgan fingerprint density at radius 1 is 1.71 bits per heavy atom. The number of hydrogen-bond acceptors (Lipinski definition) is 4. The third kappa shape index (κ3) is 2.29. The Hall–Kier alpha value is -0.970. The van der Waals surface area contributed by atoms with Gasteiger partial charge in [0.1, 0.15) is 0 Å². The van der Waals surface area contributed by atoms with Crippen LogP contribution < -0.4 is 0 Å². The highest BCUT2D eigenvalue weighted by Crippen LogP contribution is 2.33. The van der Waals surface area contributed by atoms with Gasteiger partial charge >= 0.3 is 5.97 Å². The number of amides is 1. The van der Waals surface area contributed by atoms with Gasteiger partial charge in [0.15, 0.2) is 0 Å². The Morgan fingerprint density at radius 3 is 2.79 bits per heavy atom. The summed E-state index contributed by atoms with van der Waals surface area (Å²) in [5, 5.41) is 0.543. The van der Waals surface area contributed by atoms with Crippen LogP contribution in [-0.4, -0.2) is 35.7 Å². The molecule has 0 spiro atoms. The van der Waals surface area contributed by atoms with Gasteiger partial charge in [0.05, 0.1) is 23.0 Å². The maximum absolute atomic E-state index is 11.4. The summed E-state index contributed by atoms with van der Waals surface area (Å²) in [5.74, 6) is -0.380. The van der Waals surface area contributed by atoms with Gasteiger partial charge < -0.3 is 9.64 Å². The standard InChI is InChI=1S/C9H13NO3S/c1-4-13-8(11)5-7-10(3)9(12)6(2)14-7/h5-6H,4H2,1-3H3/b7-5-/t6-/m1/s1. The molecule has 0 aliphatic carbocycles. The SMILES string of the molecule is CCOC(=O)/C=C1\S[C@H](C)C(=O)N1C. The Balaban J connectivity index is 2.70. The predicted octanol–water partition coefficient (Wildman–Crippen LogP) is 0.985. The van der Waals surface area contributed by atoms with Crippen LogP contribution in [0.3, 0.4) is 0 Å². The Morgan fingerprint density at radius 2 is 2.36 bits per heavy atom. The number of thioether (sulfide) groups is 1. The normalized spacial score (nSPS) is 24.5. The second kappa shape index (κ2) is 4.50. The Labute approximate surface area is 87.3 Å². The molecule has 1 amide bonds. The molecule has 0 saturated carbocycles. The molecule has 0 bridgehead atoms. The first kappa shape index (κ1) is 11.1. The van der Waals surface area contributed by atoms with E-state index in [0.717, 1.165) is 0 Å². The molecular weight excluding hydrogens is 202 g/mol. The van der Waals surface area contributed by atoms with E-state index in [0.29, 0.717) is 11.6 Å². The number of esters is 1. The van der Waals surface area contributed by atoms with E-state index in [-0.39, 0.29) is 11.2 Å². The van der Waals surface area contributed by atoms with Gasteiger partial charge in [-0.1, -0.05) is 11.8 Å². The van der Waals surface area contributed by atoms with Crippen LogP contribution in [0.1, 0.15) is 13.8 Å². The molecule has 0 N–H and O–H groups in total. The number of hydrogen-bond donors (Lipinski definition) is 0. The first-order valence-corrected chi connectivity index (χ1v) is 5.27. The smallest absolute Gasteiger partial charge is 0.333 e. The summed E-state index contributed by atoms with van der Waals surface area (Å²) < 4.78 is 4.76. The summed E-state index contributed by atoms with van der Waals surface area (Å²) in [6.45, 7) is 3.91. The lowest BCUT2D eigenvalue weighted by Crippen LogP contribution is -2.23. The van der Waals surface area contributed by atoms with Gasteiger partial charge in [0.2, 0.25) is 5.91 Å². The van der Waals surface area contributed by atoms with E-state index in [1.165, 1.54) is 22.7 Å². The molecule has 5 heteroatoms. The fraction of sp³-hybridized carbons (Fsp3) is 0.556. The van der Waals surface area contributed by atoms with Crippen LogP contribution in [-0.2, 0) is 14.3 Å². The molecule has 14 heavy (non-hydrogen) atoms. The van der Waals surface area contributed by atoms with Crippen molar-refractivity contribution in [3.8, 4) is 0 Å². The number of rotatable bonds is 2. The minimum atomic E-state index is -0.399. The molecule has 0 radical (unpaired) electrons. The van der Waals surface area contributed by atoms with E-state index in [4.69, 9.17) is 4.74 Å². The molecule has 0 aromatic heterocycles. The van der Waals surface area contributed by atoms with Crippen molar-refractivity contribution in [2.24, 2.45) is 0 Å². The van der Waals surface area contributed by atoms with E-state index in [9.17, 15) is 9.59 Å². The third-order valence-corrected chi connectivity index (χ3v) is 3.02. The van der Waals surface area contributed by atoms with E-state index in [1.807, 2.05) is 6.92 Å². The number of carbonyl (C=O) groups excluding carboxylic acids is 2. The molecular formula is C9H13NO3S. The van der Waals surface area contributed by atoms with Crippen molar-refractivity contribution in [1.82, 2.24) is 4.90 Å². The number of ether oxygens (including phenoxy) is 1. The first-order valence-electron chi connectivity index (χ1n) is 4.39. The minimum absolute atomic E-state index is 0.0190. The molecule has 1 saturated heterocycles. The highest BCUT2D eigenvalue weighted by Gasteiger charge is 2.31. The fourth-order valence-electron chi connectivity index (χ4n) is 1.11. The molecule has 0 unspecified atom stereocenters. The zero-order valence-electron chi connectivity index (χ0n) is 8.44. The summed E-state index contributed by atoms with van der Waals surface area (Å²) in [7, 11) is 1.66. The van der Waals surface area contributed by atoms with Gasteiger partial charge in [-0.15, -0.1) is 0 Å². The second-order valence-electron chi connectivity index (χ2n) is 2.89. The summed E-state index contributed by atoms with van der Waals surface area (Å²) in [6, 6.07) is 0. The quantitative estimate of drug-likeness (QED) is 0.509. The maximum Gasteiger partial charge on any atom is 0.333 e. The summed E-state index contributed by atoms with van der Waals surface area (Å²) >= 11 is 1.37. The van der Waals surface area contributed by atoms with Gasteiger partial charge in [-0.3, -0.25) is 4.79 Å². The van der Waals surface area contributed by atoms with Crippen LogP contribution in [0.4, 0.5) is 0 Å². The Kier molecular flexibility index (Phi) is 3.57. The zero-order valence-corrected chi connectivity index (χ0v) is 9.26. The molecule has 0 aromatic rings. The van der Waals surface area contributed by atoms with E-state index >= 15 is 0 Å². The lowest BCUT2D eigenvalue weighted by molar-refractivity contribution is -0.137. The van der Waals surface area contributed by atoms with Crippen LogP contribution in [0.15, 0.2) is 11.1 Å². The van der Waals surface area contributed by atoms with Crippen LogP contribution in [0.2, 0.25) is 0 Å². The van der Waals surface area contributed by atoms with Gasteiger partial charge in [0.25, 0.3) is 0 Å². The van der Waals surface area contributed by atoms with E-state index < -0.39 is 5.97 Å². The molecule has 1 rings (SSSR count). The highest BCUT2D eigenvalue weighted by molar-refractivity contribution is 8.04. The molecule has 1 aliphatic heterocycles. The average molecular weight is 215 g/mol. The molecule has 1 heterocycles. The van der Waals surface area contributed by atoms with E-state index in [2.05, 4.69) is 0 Å². The van der Waals surface area contributed by atoms with Crippen molar-refractivity contribution < 1.29 is 14.3 Å². The van der Waals surface area contributed by atoms with E-state index in [1.54, 1.807) is 14.0 Å². The molecule has 4 nitrogen and oxygen atoms in total. The second-order valence-corrected chi connectivity index (χ2v) is 4.25. The lowest BCUT2D eigenvalue weighted by atomic mass is 10.4. The molecule has 78 valence electrons. The third-order valence-electron chi connectivity index (χ3n) is 1.83. The van der Waals surface area contributed by atoms with Crippen LogP contribution in [0.25, 0.3) is 0 Å². The number of carbonyl (C=O) groups is 2. The predicted molar refractivity (Wildman–Crippen MR) is 54.5 cm³/mol. The summed E-state index contributed by atoms with van der Waals surface area (Å²) in [5.41, 5.74) is 0. The summed E-state index contributed by atoms with van der Waals surface area (Å²) in [6.07, 6.45) is 1.36. The van der Waals surface area contributed by atoms with Gasteiger partial charge in [-0.25, -0.2) is 4.79 Å². The minimum Gasteiger partial charge on any atom is -0.463 e. The fourth-order valence-corrected chi connectivity index (χ4v) is 2.14. The van der Waals surface area contributed by atoms with Crippen molar-refractivity contribution in [2.75, 3.05) is 13.7 Å². The van der Waals surface area contributed by atoms with Crippen molar-refractivity contribution in [1.29, 1.82) is 0 Å². The molecule has 0 aromatic carbocycles. The molecule has 1 aliphatic rings. The first-order chi connectivity index (χ1) is 6.56. The Bertz CT molecular complexity index is 288. The topological polar surface area (TPSA) is 46.6 Å². The lowest BCUT2D eigenvalue weighted by Gasteiger charge is -2.08. The van der Waals surface area contributed by atoms with Gasteiger partial charge in [-0.2, -0.15) is 0 Å².